The Hall–Kier alpha value is -1.95. The Balaban J connectivity index is 1.42. The van der Waals surface area contributed by atoms with Gasteiger partial charge in [0, 0.05) is 37.8 Å². The SMILES string of the molecule is O=C(Nc1ccc(F)cc1)C(C1CCCC1)N1CCN(C(=O)C2CC2)CC1. The molecule has 4 rings (SSSR count). The van der Waals surface area contributed by atoms with E-state index in [0.29, 0.717) is 30.6 Å². The lowest BCUT2D eigenvalue weighted by atomic mass is 9.94. The van der Waals surface area contributed by atoms with Crippen molar-refractivity contribution in [1.29, 1.82) is 0 Å². The minimum absolute atomic E-state index is 0.00419. The van der Waals surface area contributed by atoms with Crippen LogP contribution in [0.1, 0.15) is 38.5 Å². The first kappa shape index (κ1) is 18.4. The molecule has 1 saturated heterocycles. The van der Waals surface area contributed by atoms with Crippen molar-refractivity contribution in [3.05, 3.63) is 30.1 Å². The topological polar surface area (TPSA) is 52.7 Å². The maximum Gasteiger partial charge on any atom is 0.242 e. The Morgan fingerprint density at radius 1 is 0.963 bits per heavy atom. The number of benzene rings is 1. The Morgan fingerprint density at radius 2 is 1.59 bits per heavy atom. The molecule has 2 amide bonds. The molecule has 1 aliphatic heterocycles. The molecule has 0 aromatic heterocycles. The van der Waals surface area contributed by atoms with Gasteiger partial charge in [-0.3, -0.25) is 14.5 Å². The Labute approximate surface area is 159 Å². The molecule has 1 aromatic rings. The molecule has 146 valence electrons. The molecule has 1 aromatic carbocycles. The molecule has 2 saturated carbocycles. The zero-order valence-electron chi connectivity index (χ0n) is 15.7. The maximum absolute atomic E-state index is 13.1. The standard InChI is InChI=1S/C21H28FN3O2/c22-17-7-9-18(10-8-17)23-20(26)19(15-3-1-2-4-15)24-11-13-25(14-12-24)21(27)16-5-6-16/h7-10,15-16,19H,1-6,11-14H2,(H,23,26). The molecule has 1 atom stereocenters. The van der Waals surface area contributed by atoms with Crippen molar-refractivity contribution in [3.8, 4) is 0 Å². The van der Waals surface area contributed by atoms with Crippen molar-refractivity contribution in [2.45, 2.75) is 44.6 Å². The van der Waals surface area contributed by atoms with Crippen LogP contribution in [0.4, 0.5) is 10.1 Å². The normalized spacial score (nSPS) is 22.6. The van der Waals surface area contributed by atoms with Crippen LogP contribution in [0.3, 0.4) is 0 Å². The molecular weight excluding hydrogens is 345 g/mol. The van der Waals surface area contributed by atoms with E-state index in [4.69, 9.17) is 0 Å². The minimum Gasteiger partial charge on any atom is -0.340 e. The molecule has 0 bridgehead atoms. The van der Waals surface area contributed by atoms with E-state index < -0.39 is 0 Å². The van der Waals surface area contributed by atoms with Gasteiger partial charge >= 0.3 is 0 Å². The highest BCUT2D eigenvalue weighted by molar-refractivity contribution is 5.95. The van der Waals surface area contributed by atoms with Crippen molar-refractivity contribution in [2.75, 3.05) is 31.5 Å². The lowest BCUT2D eigenvalue weighted by Crippen LogP contribution is -2.57. The summed E-state index contributed by atoms with van der Waals surface area (Å²) in [5, 5.41) is 2.98. The van der Waals surface area contributed by atoms with Crippen LogP contribution >= 0.6 is 0 Å². The van der Waals surface area contributed by atoms with Crippen LogP contribution in [0.2, 0.25) is 0 Å². The van der Waals surface area contributed by atoms with E-state index in [-0.39, 0.29) is 23.7 Å². The first-order valence-electron chi connectivity index (χ1n) is 10.2. The third kappa shape index (κ3) is 4.32. The van der Waals surface area contributed by atoms with Crippen molar-refractivity contribution >= 4 is 17.5 Å². The summed E-state index contributed by atoms with van der Waals surface area (Å²) in [5.74, 6) is 0.593. The molecular formula is C21H28FN3O2. The molecule has 3 fully saturated rings. The van der Waals surface area contributed by atoms with Crippen molar-refractivity contribution in [2.24, 2.45) is 11.8 Å². The van der Waals surface area contributed by atoms with Gasteiger partial charge in [-0.2, -0.15) is 0 Å². The Bertz CT molecular complexity index is 675. The number of amides is 2. The lowest BCUT2D eigenvalue weighted by Gasteiger charge is -2.40. The van der Waals surface area contributed by atoms with Crippen molar-refractivity contribution < 1.29 is 14.0 Å². The zero-order chi connectivity index (χ0) is 18.8. The fourth-order valence-electron chi connectivity index (χ4n) is 4.51. The van der Waals surface area contributed by atoms with Gasteiger partial charge in [0.15, 0.2) is 0 Å². The highest BCUT2D eigenvalue weighted by Crippen LogP contribution is 2.33. The third-order valence-corrected chi connectivity index (χ3v) is 6.17. The van der Waals surface area contributed by atoms with Crippen molar-refractivity contribution in [1.82, 2.24) is 9.80 Å². The van der Waals surface area contributed by atoms with Gasteiger partial charge in [-0.25, -0.2) is 4.39 Å². The number of rotatable bonds is 5. The van der Waals surface area contributed by atoms with E-state index in [1.54, 1.807) is 12.1 Å². The molecule has 3 aliphatic rings. The van der Waals surface area contributed by atoms with Gasteiger partial charge < -0.3 is 10.2 Å². The quantitative estimate of drug-likeness (QED) is 0.864. The summed E-state index contributed by atoms with van der Waals surface area (Å²) < 4.78 is 13.1. The average molecular weight is 373 g/mol. The van der Waals surface area contributed by atoms with Gasteiger partial charge in [0.05, 0.1) is 6.04 Å². The molecule has 1 unspecified atom stereocenters. The van der Waals surface area contributed by atoms with Gasteiger partial charge in [-0.1, -0.05) is 12.8 Å². The number of carbonyl (C=O) groups excluding carboxylic acids is 2. The van der Waals surface area contributed by atoms with Gasteiger partial charge in [0.1, 0.15) is 5.82 Å². The van der Waals surface area contributed by atoms with E-state index in [1.165, 1.54) is 25.0 Å². The fraction of sp³-hybridized carbons (Fsp3) is 0.619. The van der Waals surface area contributed by atoms with E-state index in [9.17, 15) is 14.0 Å². The number of carbonyl (C=O) groups is 2. The predicted octanol–water partition coefficient (Wildman–Crippen LogP) is 2.88. The molecule has 0 radical (unpaired) electrons. The summed E-state index contributed by atoms with van der Waals surface area (Å²) in [4.78, 5) is 29.6. The third-order valence-electron chi connectivity index (χ3n) is 6.17. The summed E-state index contributed by atoms with van der Waals surface area (Å²) in [5.41, 5.74) is 0.631. The van der Waals surface area contributed by atoms with Crippen LogP contribution in [0.25, 0.3) is 0 Å². The lowest BCUT2D eigenvalue weighted by molar-refractivity contribution is -0.135. The molecule has 5 nitrogen and oxygen atoms in total. The van der Waals surface area contributed by atoms with Gasteiger partial charge in [-0.15, -0.1) is 0 Å². The number of anilines is 1. The van der Waals surface area contributed by atoms with Gasteiger partial charge in [0.2, 0.25) is 11.8 Å². The van der Waals surface area contributed by atoms with E-state index in [0.717, 1.165) is 38.8 Å². The predicted molar refractivity (Wildman–Crippen MR) is 102 cm³/mol. The van der Waals surface area contributed by atoms with Crippen LogP contribution in [0, 0.1) is 17.7 Å². The summed E-state index contributed by atoms with van der Waals surface area (Å²) >= 11 is 0. The number of hydrogen-bond acceptors (Lipinski definition) is 3. The van der Waals surface area contributed by atoms with Gasteiger partial charge in [-0.05, 0) is 55.9 Å². The molecule has 1 N–H and O–H groups in total. The van der Waals surface area contributed by atoms with Crippen LogP contribution < -0.4 is 5.32 Å². The number of halogens is 1. The molecule has 6 heteroatoms. The molecule has 2 aliphatic carbocycles. The van der Waals surface area contributed by atoms with Crippen molar-refractivity contribution in [3.63, 3.8) is 0 Å². The molecule has 1 heterocycles. The summed E-state index contributed by atoms with van der Waals surface area (Å²) in [6.45, 7) is 2.91. The summed E-state index contributed by atoms with van der Waals surface area (Å²) in [6, 6.07) is 5.76. The highest BCUT2D eigenvalue weighted by atomic mass is 19.1. The summed E-state index contributed by atoms with van der Waals surface area (Å²) in [7, 11) is 0. The zero-order valence-corrected chi connectivity index (χ0v) is 15.7. The second kappa shape index (κ2) is 7.97. The molecule has 0 spiro atoms. The number of nitrogens with one attached hydrogen (secondary N) is 1. The van der Waals surface area contributed by atoms with Crippen LogP contribution in [0.15, 0.2) is 24.3 Å². The summed E-state index contributed by atoms with van der Waals surface area (Å²) in [6.07, 6.45) is 6.55. The Kier molecular flexibility index (Phi) is 5.43. The first-order valence-corrected chi connectivity index (χ1v) is 10.2. The Morgan fingerprint density at radius 3 is 2.19 bits per heavy atom. The minimum atomic E-state index is -0.309. The fourth-order valence-corrected chi connectivity index (χ4v) is 4.51. The second-order valence-corrected chi connectivity index (χ2v) is 8.12. The maximum atomic E-state index is 13.1. The monoisotopic (exact) mass is 373 g/mol. The van der Waals surface area contributed by atoms with Crippen LogP contribution in [-0.4, -0.2) is 53.8 Å². The van der Waals surface area contributed by atoms with Gasteiger partial charge in [0.25, 0.3) is 0 Å². The average Bonchev–Trinajstić information content (AvgIpc) is 3.40. The number of hydrogen-bond donors (Lipinski definition) is 1. The molecule has 27 heavy (non-hydrogen) atoms. The van der Waals surface area contributed by atoms with Crippen LogP contribution in [-0.2, 0) is 9.59 Å². The smallest absolute Gasteiger partial charge is 0.242 e. The number of piperazine rings is 1. The largest absolute Gasteiger partial charge is 0.340 e. The second-order valence-electron chi connectivity index (χ2n) is 8.12. The van der Waals surface area contributed by atoms with E-state index >= 15 is 0 Å². The van der Waals surface area contributed by atoms with E-state index in [2.05, 4.69) is 10.2 Å². The number of nitrogens with zero attached hydrogens (tertiary/aromatic N) is 2. The highest BCUT2D eigenvalue weighted by Gasteiger charge is 2.39. The van der Waals surface area contributed by atoms with E-state index in [1.807, 2.05) is 4.90 Å². The van der Waals surface area contributed by atoms with Crippen LogP contribution in [0.5, 0.6) is 0 Å². The first-order chi connectivity index (χ1) is 13.1.